The smallest absolute Gasteiger partial charge is 0.421 e. The van der Waals surface area contributed by atoms with E-state index in [4.69, 9.17) is 4.55 Å². The van der Waals surface area contributed by atoms with Crippen molar-refractivity contribution in [3.05, 3.63) is 4.13 Å². The number of hydrogen-bond donors (Lipinski definition) is 1. The summed E-state index contributed by atoms with van der Waals surface area (Å²) in [6.45, 7) is 11.7. The Morgan fingerprint density at radius 1 is 0.458 bits per heavy atom. The fraction of sp³-hybridized carbons (Fsp3) is 1.00. The summed E-state index contributed by atoms with van der Waals surface area (Å²) in [5, 5.41) is 0. The molecule has 9 nitrogen and oxygen atoms in total. The number of unbranched alkanes of at least 4 members (excludes halogenated alkanes) is 16. The lowest BCUT2D eigenvalue weighted by Crippen LogP contribution is -2.51. The second-order valence-corrected chi connectivity index (χ2v) is 17.4. The molecule has 0 saturated carbocycles. The van der Waals surface area contributed by atoms with Crippen LogP contribution in [0.15, 0.2) is 0 Å². The molecule has 0 spiro atoms. The molecule has 0 aliphatic heterocycles. The molecule has 292 valence electrons. The van der Waals surface area contributed by atoms with Crippen LogP contribution >= 0.6 is 0 Å². The van der Waals surface area contributed by atoms with Gasteiger partial charge in [0, 0.05) is 0 Å². The highest BCUT2D eigenvalue weighted by Gasteiger charge is 2.47. The Bertz CT molecular complexity index is 1050. The Kier molecular flexibility index (Phi) is 26.0. The summed E-state index contributed by atoms with van der Waals surface area (Å²) in [5.41, 5.74) is -12.4. The SMILES string of the molecule is CCCCCCCC[N+](CCCCCCCC)(CCCCCCCC)CCCCS(=O)(=O)O.O=S(=O)([N-]S(=O)(=O)C(F)(F)F)C(F)(F)F. The Hall–Kier alpha value is -0.690. The second kappa shape index (κ2) is 25.3. The Morgan fingerprint density at radius 3 is 0.958 bits per heavy atom. The quantitative estimate of drug-likeness (QED) is 0.0362. The van der Waals surface area contributed by atoms with E-state index in [2.05, 4.69) is 20.8 Å². The fourth-order valence-corrected chi connectivity index (χ4v) is 7.58. The number of halogens is 6. The van der Waals surface area contributed by atoms with Gasteiger partial charge in [0.2, 0.25) is 0 Å². The van der Waals surface area contributed by atoms with E-state index < -0.39 is 41.2 Å². The Balaban J connectivity index is 0. The van der Waals surface area contributed by atoms with Crippen molar-refractivity contribution < 1.29 is 60.6 Å². The molecule has 0 aromatic heterocycles. The van der Waals surface area contributed by atoms with Crippen LogP contribution in [0.25, 0.3) is 4.13 Å². The lowest BCUT2D eigenvalue weighted by Gasteiger charge is -2.39. The fourth-order valence-electron chi connectivity index (χ4n) is 5.30. The Labute approximate surface area is 286 Å². The molecule has 0 aliphatic carbocycles. The first-order valence-corrected chi connectivity index (χ1v) is 21.8. The van der Waals surface area contributed by atoms with Crippen molar-refractivity contribution in [1.82, 2.24) is 0 Å². The molecule has 0 heterocycles. The van der Waals surface area contributed by atoms with Gasteiger partial charge < -0.3 is 8.61 Å². The third-order valence-corrected chi connectivity index (χ3v) is 11.6. The summed E-state index contributed by atoms with van der Waals surface area (Å²) in [6, 6.07) is 0. The molecule has 0 unspecified atom stereocenters. The van der Waals surface area contributed by atoms with Crippen LogP contribution in [0.5, 0.6) is 0 Å². The number of hydrogen-bond acceptors (Lipinski definition) is 6. The largest absolute Gasteiger partial charge is 0.480 e. The van der Waals surface area contributed by atoms with Gasteiger partial charge in [-0.1, -0.05) is 97.8 Å². The van der Waals surface area contributed by atoms with Crippen LogP contribution in [-0.4, -0.2) is 77.2 Å². The number of alkyl halides is 6. The van der Waals surface area contributed by atoms with E-state index in [1.165, 1.54) is 140 Å². The van der Waals surface area contributed by atoms with E-state index in [0.717, 1.165) is 17.1 Å². The van der Waals surface area contributed by atoms with E-state index in [1.54, 1.807) is 0 Å². The lowest BCUT2D eigenvalue weighted by atomic mass is 10.1. The molecule has 0 saturated heterocycles. The van der Waals surface area contributed by atoms with E-state index >= 15 is 0 Å². The molecule has 1 N–H and O–H groups in total. The molecule has 0 aliphatic rings. The van der Waals surface area contributed by atoms with Crippen LogP contribution < -0.4 is 0 Å². The lowest BCUT2D eigenvalue weighted by molar-refractivity contribution is -0.929. The van der Waals surface area contributed by atoms with E-state index in [9.17, 15) is 51.6 Å². The van der Waals surface area contributed by atoms with Crippen LogP contribution in [0.1, 0.15) is 149 Å². The molecular weight excluding hydrogens is 711 g/mol. The highest BCUT2D eigenvalue weighted by molar-refractivity contribution is 8.13. The van der Waals surface area contributed by atoms with Crippen molar-refractivity contribution in [2.45, 2.75) is 160 Å². The first kappa shape index (κ1) is 49.4. The highest BCUT2D eigenvalue weighted by Crippen LogP contribution is 2.36. The van der Waals surface area contributed by atoms with Crippen LogP contribution in [-0.2, 0) is 30.2 Å². The first-order chi connectivity index (χ1) is 22.1. The average molecular weight is 771 g/mol. The summed E-state index contributed by atoms with van der Waals surface area (Å²) in [7, 11) is -17.3. The molecular formula is C30H60F6N2O7S3. The first-order valence-electron chi connectivity index (χ1n) is 17.3. The van der Waals surface area contributed by atoms with Crippen molar-refractivity contribution in [2.24, 2.45) is 0 Å². The third kappa shape index (κ3) is 25.3. The van der Waals surface area contributed by atoms with Gasteiger partial charge in [-0.15, -0.1) is 0 Å². The molecule has 48 heavy (non-hydrogen) atoms. The molecule has 0 radical (unpaired) electrons. The van der Waals surface area contributed by atoms with Gasteiger partial charge in [0.1, 0.15) is 0 Å². The van der Waals surface area contributed by atoms with Crippen LogP contribution in [0, 0.1) is 0 Å². The standard InChI is InChI=1S/C28H59NO3S.C2F6NO4S2/c1-4-7-10-13-16-19-24-29(25-20-17-14-11-8-5-2,26-21-18-15-12-9-6-3)27-22-23-28-33(30,31)32;3-1(4,5)14(10,11)9-15(12,13)2(6,7)8/h4-28H2,1-3H3;/q;-1/p+1. The number of rotatable bonds is 28. The zero-order valence-corrected chi connectivity index (χ0v) is 31.4. The summed E-state index contributed by atoms with van der Waals surface area (Å²) in [4.78, 5) is 0. The topological polar surface area (TPSA) is 137 Å². The van der Waals surface area contributed by atoms with Crippen molar-refractivity contribution in [3.63, 3.8) is 0 Å². The van der Waals surface area contributed by atoms with Gasteiger partial charge in [0.25, 0.3) is 10.1 Å². The highest BCUT2D eigenvalue weighted by atomic mass is 32.3. The monoisotopic (exact) mass is 770 g/mol. The molecule has 0 amide bonds. The van der Waals surface area contributed by atoms with Crippen molar-refractivity contribution >= 4 is 30.2 Å². The van der Waals surface area contributed by atoms with Gasteiger partial charge >= 0.3 is 11.0 Å². The minimum absolute atomic E-state index is 0.0853. The third-order valence-electron chi connectivity index (χ3n) is 8.02. The molecule has 0 aromatic carbocycles. The Morgan fingerprint density at radius 2 is 0.708 bits per heavy atom. The number of nitrogens with zero attached hydrogens (tertiary/aromatic N) is 2. The number of quaternary nitrogens is 1. The summed E-state index contributed by atoms with van der Waals surface area (Å²) in [5.74, 6) is -0.0853. The minimum Gasteiger partial charge on any atom is -0.421 e. The average Bonchev–Trinajstić information content (AvgIpc) is 2.95. The zero-order valence-electron chi connectivity index (χ0n) is 29.0. The molecule has 0 bridgehead atoms. The summed E-state index contributed by atoms with van der Waals surface area (Å²) in [6.07, 6.45) is 25.5. The normalized spacial score (nSPS) is 13.4. The summed E-state index contributed by atoms with van der Waals surface area (Å²) < 4.78 is 142. The molecule has 0 rings (SSSR count). The van der Waals surface area contributed by atoms with Gasteiger partial charge in [-0.05, 0) is 51.4 Å². The maximum absolute atomic E-state index is 11.4. The molecule has 18 heteroatoms. The molecule has 0 aromatic rings. The predicted molar refractivity (Wildman–Crippen MR) is 179 cm³/mol. The molecule has 0 atom stereocenters. The predicted octanol–water partition coefficient (Wildman–Crippen LogP) is 9.61. The van der Waals surface area contributed by atoms with Gasteiger partial charge in [0.15, 0.2) is 20.0 Å². The van der Waals surface area contributed by atoms with Gasteiger partial charge in [0.05, 0.1) is 31.9 Å². The van der Waals surface area contributed by atoms with Gasteiger partial charge in [-0.25, -0.2) is 16.8 Å². The van der Waals surface area contributed by atoms with Gasteiger partial charge in [-0.2, -0.15) is 34.8 Å². The summed E-state index contributed by atoms with van der Waals surface area (Å²) >= 11 is 0. The van der Waals surface area contributed by atoms with E-state index in [1.807, 2.05) is 0 Å². The van der Waals surface area contributed by atoms with Crippen molar-refractivity contribution in [1.29, 1.82) is 0 Å². The van der Waals surface area contributed by atoms with Crippen LogP contribution in [0.4, 0.5) is 26.3 Å². The van der Waals surface area contributed by atoms with Crippen molar-refractivity contribution in [2.75, 3.05) is 31.9 Å². The zero-order chi connectivity index (χ0) is 37.4. The second-order valence-electron chi connectivity index (χ2n) is 12.4. The van der Waals surface area contributed by atoms with Crippen LogP contribution in [0.2, 0.25) is 0 Å². The van der Waals surface area contributed by atoms with E-state index in [0.29, 0.717) is 6.42 Å². The minimum atomic E-state index is -6.72. The van der Waals surface area contributed by atoms with Crippen LogP contribution in [0.3, 0.4) is 0 Å². The van der Waals surface area contributed by atoms with Gasteiger partial charge in [-0.3, -0.25) is 4.55 Å². The van der Waals surface area contributed by atoms with E-state index in [-0.39, 0.29) is 5.75 Å². The number of sulfonamides is 2. The maximum Gasteiger partial charge on any atom is 0.480 e. The van der Waals surface area contributed by atoms with Crippen molar-refractivity contribution in [3.8, 4) is 0 Å². The molecule has 0 fully saturated rings. The maximum atomic E-state index is 11.4.